The second-order valence-electron chi connectivity index (χ2n) is 2.55. The van der Waals surface area contributed by atoms with E-state index in [0.29, 0.717) is 22.4 Å². The first kappa shape index (κ1) is 11.1. The molecule has 0 aromatic carbocycles. The summed E-state index contributed by atoms with van der Waals surface area (Å²) in [6.07, 6.45) is 2.43. The summed E-state index contributed by atoms with van der Waals surface area (Å²) < 4.78 is 0.793. The number of nitriles is 1. The normalized spacial score (nSPS) is 9.79. The van der Waals surface area contributed by atoms with Gasteiger partial charge in [0.05, 0.1) is 9.77 Å². The summed E-state index contributed by atoms with van der Waals surface area (Å²) >= 11 is 2.60. The van der Waals surface area contributed by atoms with Gasteiger partial charge in [0.1, 0.15) is 10.9 Å². The Hall–Kier alpha value is -0.990. The van der Waals surface area contributed by atoms with Crippen LogP contribution in [0, 0.1) is 11.3 Å². The van der Waals surface area contributed by atoms with Crippen LogP contribution in [0.3, 0.4) is 0 Å². The van der Waals surface area contributed by atoms with E-state index in [2.05, 4.69) is 6.07 Å². The van der Waals surface area contributed by atoms with Crippen molar-refractivity contribution in [3.05, 3.63) is 16.0 Å². The number of thiophene rings is 1. The molecular weight excluding hydrogens is 218 g/mol. The topological polar surface area (TPSA) is 61.1 Å². The molecule has 1 aromatic heterocycles. The van der Waals surface area contributed by atoms with Gasteiger partial charge < -0.3 is 5.11 Å². The molecule has 0 spiro atoms. The van der Waals surface area contributed by atoms with Crippen molar-refractivity contribution in [3.8, 4) is 6.07 Å². The third-order valence-electron chi connectivity index (χ3n) is 1.82. The summed E-state index contributed by atoms with van der Waals surface area (Å²) in [6, 6.07) is 2.07. The van der Waals surface area contributed by atoms with Gasteiger partial charge in [0.15, 0.2) is 0 Å². The van der Waals surface area contributed by atoms with E-state index in [1.807, 2.05) is 13.2 Å². The van der Waals surface area contributed by atoms with Crippen molar-refractivity contribution >= 4 is 29.1 Å². The number of carboxylic acid groups (broad SMARTS) is 1. The second kappa shape index (κ2) is 4.49. The van der Waals surface area contributed by atoms with E-state index in [0.717, 1.165) is 4.21 Å². The highest BCUT2D eigenvalue weighted by Gasteiger charge is 2.20. The Morgan fingerprint density at radius 3 is 2.71 bits per heavy atom. The standard InChI is InChI=1S/C9H9NO2S2/c1-3-5-6(4-10)9(13-2)14-7(5)8(11)12/h3H2,1-2H3,(H,11,12). The number of thioether (sulfide) groups is 1. The number of hydrogen-bond acceptors (Lipinski definition) is 4. The maximum absolute atomic E-state index is 10.9. The van der Waals surface area contributed by atoms with Gasteiger partial charge in [-0.3, -0.25) is 0 Å². The maximum Gasteiger partial charge on any atom is 0.346 e. The van der Waals surface area contributed by atoms with Gasteiger partial charge in [-0.25, -0.2) is 4.79 Å². The summed E-state index contributed by atoms with van der Waals surface area (Å²) in [7, 11) is 0. The molecule has 0 aliphatic carbocycles. The van der Waals surface area contributed by atoms with Crippen LogP contribution in [0.4, 0.5) is 0 Å². The third-order valence-corrected chi connectivity index (χ3v) is 4.16. The molecule has 0 fully saturated rings. The third kappa shape index (κ3) is 1.76. The molecule has 74 valence electrons. The minimum atomic E-state index is -0.941. The molecule has 0 radical (unpaired) electrons. The van der Waals surface area contributed by atoms with Crippen LogP contribution in [0.1, 0.15) is 27.7 Å². The Morgan fingerprint density at radius 2 is 2.36 bits per heavy atom. The van der Waals surface area contributed by atoms with Crippen LogP contribution in [0.5, 0.6) is 0 Å². The lowest BCUT2D eigenvalue weighted by molar-refractivity contribution is 0.0701. The van der Waals surface area contributed by atoms with Gasteiger partial charge in [0.25, 0.3) is 0 Å². The Balaban J connectivity index is 3.40. The maximum atomic E-state index is 10.9. The summed E-state index contributed by atoms with van der Waals surface area (Å²) in [4.78, 5) is 11.2. The number of carboxylic acids is 1. The number of aromatic carboxylic acids is 1. The zero-order valence-electron chi connectivity index (χ0n) is 7.83. The molecule has 0 saturated heterocycles. The van der Waals surface area contributed by atoms with Crippen molar-refractivity contribution < 1.29 is 9.90 Å². The van der Waals surface area contributed by atoms with Gasteiger partial charge in [-0.1, -0.05) is 6.92 Å². The zero-order valence-corrected chi connectivity index (χ0v) is 9.46. The number of hydrogen-bond donors (Lipinski definition) is 1. The fourth-order valence-electron chi connectivity index (χ4n) is 1.21. The molecule has 14 heavy (non-hydrogen) atoms. The van der Waals surface area contributed by atoms with Crippen molar-refractivity contribution in [1.29, 1.82) is 5.26 Å². The lowest BCUT2D eigenvalue weighted by Gasteiger charge is -1.94. The summed E-state index contributed by atoms with van der Waals surface area (Å²) in [6.45, 7) is 1.86. The molecule has 1 N–H and O–H groups in total. The smallest absolute Gasteiger partial charge is 0.346 e. The highest BCUT2D eigenvalue weighted by atomic mass is 32.2. The summed E-state index contributed by atoms with van der Waals surface area (Å²) in [5, 5.41) is 17.8. The van der Waals surface area contributed by atoms with Crippen LogP contribution in [-0.4, -0.2) is 17.3 Å². The summed E-state index contributed by atoms with van der Waals surface area (Å²) in [5.41, 5.74) is 1.19. The van der Waals surface area contributed by atoms with Gasteiger partial charge in [-0.05, 0) is 18.2 Å². The molecule has 1 heterocycles. The van der Waals surface area contributed by atoms with Crippen LogP contribution in [-0.2, 0) is 6.42 Å². The Kier molecular flexibility index (Phi) is 3.55. The lowest BCUT2D eigenvalue weighted by Crippen LogP contribution is -1.97. The van der Waals surface area contributed by atoms with Crippen LogP contribution in [0.25, 0.3) is 0 Å². The van der Waals surface area contributed by atoms with Gasteiger partial charge in [-0.15, -0.1) is 23.1 Å². The number of nitrogens with zero attached hydrogens (tertiary/aromatic N) is 1. The van der Waals surface area contributed by atoms with Crippen LogP contribution >= 0.6 is 23.1 Å². The summed E-state index contributed by atoms with van der Waals surface area (Å²) in [5.74, 6) is -0.941. The van der Waals surface area contributed by atoms with E-state index in [9.17, 15) is 4.79 Å². The van der Waals surface area contributed by atoms with Gasteiger partial charge >= 0.3 is 5.97 Å². The fourth-order valence-corrected chi connectivity index (χ4v) is 3.08. The van der Waals surface area contributed by atoms with E-state index in [-0.39, 0.29) is 0 Å². The number of carbonyl (C=O) groups is 1. The highest BCUT2D eigenvalue weighted by molar-refractivity contribution is 8.00. The van der Waals surface area contributed by atoms with Gasteiger partial charge in [0, 0.05) is 0 Å². The van der Waals surface area contributed by atoms with Gasteiger partial charge in [0.2, 0.25) is 0 Å². The SMILES string of the molecule is CCc1c(C(=O)O)sc(SC)c1C#N. The van der Waals surface area contributed by atoms with Crippen LogP contribution in [0.15, 0.2) is 4.21 Å². The minimum absolute atomic E-state index is 0.299. The van der Waals surface area contributed by atoms with Crippen molar-refractivity contribution in [1.82, 2.24) is 0 Å². The first-order valence-electron chi connectivity index (χ1n) is 3.98. The fraction of sp³-hybridized carbons (Fsp3) is 0.333. The average molecular weight is 227 g/mol. The van der Waals surface area contributed by atoms with Crippen LogP contribution in [0.2, 0.25) is 0 Å². The molecule has 0 saturated carbocycles. The second-order valence-corrected chi connectivity index (χ2v) is 4.64. The molecule has 0 aliphatic heterocycles. The van der Waals surface area contributed by atoms with E-state index in [1.165, 1.54) is 23.1 Å². The first-order valence-corrected chi connectivity index (χ1v) is 6.02. The first-order chi connectivity index (χ1) is 6.65. The molecule has 0 unspecified atom stereocenters. The van der Waals surface area contributed by atoms with Crippen molar-refractivity contribution in [3.63, 3.8) is 0 Å². The molecule has 0 amide bonds. The quantitative estimate of drug-likeness (QED) is 0.806. The molecule has 1 aromatic rings. The minimum Gasteiger partial charge on any atom is -0.477 e. The zero-order chi connectivity index (χ0) is 10.7. The molecular formula is C9H9NO2S2. The van der Waals surface area contributed by atoms with Crippen LogP contribution < -0.4 is 0 Å². The molecule has 0 bridgehead atoms. The molecule has 5 heteroatoms. The molecule has 0 aliphatic rings. The molecule has 3 nitrogen and oxygen atoms in total. The Bertz CT molecular complexity index is 404. The molecule has 0 atom stereocenters. The predicted molar refractivity (Wildman–Crippen MR) is 57.2 cm³/mol. The monoisotopic (exact) mass is 227 g/mol. The van der Waals surface area contributed by atoms with E-state index in [4.69, 9.17) is 10.4 Å². The highest BCUT2D eigenvalue weighted by Crippen LogP contribution is 2.34. The van der Waals surface area contributed by atoms with E-state index >= 15 is 0 Å². The van der Waals surface area contributed by atoms with Crippen molar-refractivity contribution in [2.24, 2.45) is 0 Å². The number of rotatable bonds is 3. The van der Waals surface area contributed by atoms with Gasteiger partial charge in [-0.2, -0.15) is 5.26 Å². The predicted octanol–water partition coefficient (Wildman–Crippen LogP) is 2.60. The van der Waals surface area contributed by atoms with Crippen molar-refractivity contribution in [2.75, 3.05) is 6.26 Å². The average Bonchev–Trinajstić information content (AvgIpc) is 2.54. The van der Waals surface area contributed by atoms with Crippen molar-refractivity contribution in [2.45, 2.75) is 17.6 Å². The lowest BCUT2D eigenvalue weighted by atomic mass is 10.1. The Morgan fingerprint density at radius 1 is 1.71 bits per heavy atom. The Labute approximate surface area is 90.4 Å². The molecule has 1 rings (SSSR count). The van der Waals surface area contributed by atoms with E-state index < -0.39 is 5.97 Å². The largest absolute Gasteiger partial charge is 0.477 e. The van der Waals surface area contributed by atoms with E-state index in [1.54, 1.807) is 0 Å².